The van der Waals surface area contributed by atoms with Crippen LogP contribution in [0.25, 0.3) is 0 Å². The zero-order chi connectivity index (χ0) is 12.9. The topological polar surface area (TPSA) is 47.6 Å². The summed E-state index contributed by atoms with van der Waals surface area (Å²) in [5, 5.41) is 3.35. The summed E-state index contributed by atoms with van der Waals surface area (Å²) >= 11 is 0. The highest BCUT2D eigenvalue weighted by Crippen LogP contribution is 2.36. The van der Waals surface area contributed by atoms with Crippen molar-refractivity contribution in [3.05, 3.63) is 0 Å². The maximum atomic E-state index is 12.0. The Kier molecular flexibility index (Phi) is 5.40. The van der Waals surface area contributed by atoms with Gasteiger partial charge in [0.25, 0.3) is 0 Å². The van der Waals surface area contributed by atoms with E-state index in [1.54, 1.807) is 0 Å². The van der Waals surface area contributed by atoms with E-state index in [0.717, 1.165) is 19.4 Å². The van der Waals surface area contributed by atoms with Crippen LogP contribution in [0.4, 0.5) is 0 Å². The van der Waals surface area contributed by atoms with E-state index in [0.29, 0.717) is 19.1 Å². The summed E-state index contributed by atoms with van der Waals surface area (Å²) in [5.74, 6) is 0.393. The van der Waals surface area contributed by atoms with Crippen LogP contribution in [0.5, 0.6) is 0 Å². The smallest absolute Gasteiger partial charge is 0.326 e. The van der Waals surface area contributed by atoms with Gasteiger partial charge in [0.15, 0.2) is 0 Å². The van der Waals surface area contributed by atoms with Crippen molar-refractivity contribution in [1.29, 1.82) is 0 Å². The second-order valence-corrected chi connectivity index (χ2v) is 5.06. The zero-order valence-corrected chi connectivity index (χ0v) is 11.4. The normalized spacial score (nSPS) is 27.9. The van der Waals surface area contributed by atoms with Gasteiger partial charge in [0.2, 0.25) is 0 Å². The van der Waals surface area contributed by atoms with Gasteiger partial charge in [-0.25, -0.2) is 0 Å². The van der Waals surface area contributed by atoms with Crippen molar-refractivity contribution in [3.63, 3.8) is 0 Å². The van der Waals surface area contributed by atoms with E-state index in [1.807, 2.05) is 13.8 Å². The van der Waals surface area contributed by atoms with Gasteiger partial charge in [-0.3, -0.25) is 4.79 Å². The van der Waals surface area contributed by atoms with E-state index in [9.17, 15) is 4.79 Å². The van der Waals surface area contributed by atoms with E-state index < -0.39 is 5.54 Å². The van der Waals surface area contributed by atoms with Gasteiger partial charge in [-0.1, -0.05) is 13.8 Å². The number of carbonyl (C=O) groups excluding carboxylic acids is 1. The molecule has 0 aromatic carbocycles. The van der Waals surface area contributed by atoms with E-state index in [4.69, 9.17) is 9.47 Å². The molecule has 1 saturated carbocycles. The third-order valence-electron chi connectivity index (χ3n) is 3.07. The Labute approximate surface area is 104 Å². The molecule has 4 nitrogen and oxygen atoms in total. The molecule has 0 aromatic rings. The minimum atomic E-state index is -0.500. The van der Waals surface area contributed by atoms with Gasteiger partial charge in [-0.15, -0.1) is 0 Å². The Morgan fingerprint density at radius 2 is 2.00 bits per heavy atom. The lowest BCUT2D eigenvalue weighted by Crippen LogP contribution is -2.64. The second-order valence-electron chi connectivity index (χ2n) is 5.06. The molecule has 0 bridgehead atoms. The van der Waals surface area contributed by atoms with Crippen molar-refractivity contribution < 1.29 is 14.3 Å². The van der Waals surface area contributed by atoms with Crippen molar-refractivity contribution in [2.24, 2.45) is 5.92 Å². The molecule has 0 radical (unpaired) electrons. The highest BCUT2D eigenvalue weighted by atomic mass is 16.5. The van der Waals surface area contributed by atoms with E-state index in [2.05, 4.69) is 19.2 Å². The molecule has 1 N–H and O–H groups in total. The van der Waals surface area contributed by atoms with Crippen LogP contribution in [-0.2, 0) is 14.3 Å². The Morgan fingerprint density at radius 1 is 1.35 bits per heavy atom. The number of hydrogen-bond acceptors (Lipinski definition) is 4. The maximum absolute atomic E-state index is 12.0. The fraction of sp³-hybridized carbons (Fsp3) is 0.923. The van der Waals surface area contributed by atoms with Crippen LogP contribution in [0.3, 0.4) is 0 Å². The number of esters is 1. The summed E-state index contributed by atoms with van der Waals surface area (Å²) in [6.07, 6.45) is 1.66. The lowest BCUT2D eigenvalue weighted by atomic mass is 9.73. The second kappa shape index (κ2) is 6.36. The average Bonchev–Trinajstić information content (AvgIpc) is 2.21. The summed E-state index contributed by atoms with van der Waals surface area (Å²) in [4.78, 5) is 12.0. The molecule has 0 heterocycles. The summed E-state index contributed by atoms with van der Waals surface area (Å²) in [5.41, 5.74) is -0.500. The molecule has 100 valence electrons. The predicted octanol–water partition coefficient (Wildman–Crippen LogP) is 1.73. The Morgan fingerprint density at radius 3 is 2.47 bits per heavy atom. The van der Waals surface area contributed by atoms with E-state index >= 15 is 0 Å². The van der Waals surface area contributed by atoms with Gasteiger partial charge < -0.3 is 14.8 Å². The minimum absolute atomic E-state index is 0.128. The SMILES string of the molecule is CCOC(=O)C1(NCC(C)C)CC(OCC)C1. The van der Waals surface area contributed by atoms with E-state index in [1.165, 1.54) is 0 Å². The van der Waals surface area contributed by atoms with E-state index in [-0.39, 0.29) is 12.1 Å². The van der Waals surface area contributed by atoms with Gasteiger partial charge in [0.1, 0.15) is 5.54 Å². The zero-order valence-electron chi connectivity index (χ0n) is 11.4. The van der Waals surface area contributed by atoms with Crippen molar-refractivity contribution in [3.8, 4) is 0 Å². The fourth-order valence-electron chi connectivity index (χ4n) is 2.12. The summed E-state index contributed by atoms with van der Waals surface area (Å²) in [6.45, 7) is 10.0. The molecule has 0 amide bonds. The predicted molar refractivity (Wildman–Crippen MR) is 66.9 cm³/mol. The molecule has 17 heavy (non-hydrogen) atoms. The van der Waals surface area contributed by atoms with Crippen LogP contribution < -0.4 is 5.32 Å². The van der Waals surface area contributed by atoms with Crippen LogP contribution in [0.15, 0.2) is 0 Å². The van der Waals surface area contributed by atoms with Crippen LogP contribution in [-0.4, -0.2) is 37.4 Å². The standard InChI is InChI=1S/C13H25NO3/c1-5-16-11-7-13(8-11,12(15)17-6-2)14-9-10(3)4/h10-11,14H,5-9H2,1-4H3. The number of hydrogen-bond donors (Lipinski definition) is 1. The number of nitrogens with one attached hydrogen (secondary N) is 1. The Bertz CT molecular complexity index is 247. The molecule has 1 fully saturated rings. The first-order valence-electron chi connectivity index (χ1n) is 6.58. The molecule has 4 heteroatoms. The molecule has 1 aliphatic carbocycles. The fourth-order valence-corrected chi connectivity index (χ4v) is 2.12. The molecule has 1 rings (SSSR count). The van der Waals surface area contributed by atoms with Gasteiger partial charge in [0, 0.05) is 19.4 Å². The molecule has 1 aliphatic rings. The Balaban J connectivity index is 2.52. The van der Waals surface area contributed by atoms with Crippen molar-refractivity contribution >= 4 is 5.97 Å². The third kappa shape index (κ3) is 3.68. The first-order chi connectivity index (χ1) is 8.04. The summed E-state index contributed by atoms with van der Waals surface area (Å²) < 4.78 is 10.7. The monoisotopic (exact) mass is 243 g/mol. The minimum Gasteiger partial charge on any atom is -0.465 e. The van der Waals surface area contributed by atoms with Crippen LogP contribution in [0.1, 0.15) is 40.5 Å². The summed E-state index contributed by atoms with van der Waals surface area (Å²) in [7, 11) is 0. The molecule has 0 saturated heterocycles. The molecular weight excluding hydrogens is 218 g/mol. The van der Waals surface area contributed by atoms with Crippen molar-refractivity contribution in [2.75, 3.05) is 19.8 Å². The molecule has 0 unspecified atom stereocenters. The average molecular weight is 243 g/mol. The Hall–Kier alpha value is -0.610. The van der Waals surface area contributed by atoms with Crippen molar-refractivity contribution in [1.82, 2.24) is 5.32 Å². The number of rotatable bonds is 7. The number of carbonyl (C=O) groups is 1. The van der Waals surface area contributed by atoms with Crippen molar-refractivity contribution in [2.45, 2.75) is 52.2 Å². The van der Waals surface area contributed by atoms with Crippen LogP contribution >= 0.6 is 0 Å². The largest absolute Gasteiger partial charge is 0.465 e. The van der Waals surface area contributed by atoms with Gasteiger partial charge in [-0.2, -0.15) is 0 Å². The van der Waals surface area contributed by atoms with Gasteiger partial charge in [-0.05, 0) is 26.3 Å². The highest BCUT2D eigenvalue weighted by Gasteiger charge is 2.51. The lowest BCUT2D eigenvalue weighted by Gasteiger charge is -2.45. The quantitative estimate of drug-likeness (QED) is 0.692. The lowest BCUT2D eigenvalue weighted by molar-refractivity contribution is -0.164. The molecule has 0 spiro atoms. The molecule has 0 aliphatic heterocycles. The van der Waals surface area contributed by atoms with Gasteiger partial charge in [0.05, 0.1) is 12.7 Å². The third-order valence-corrected chi connectivity index (χ3v) is 3.07. The van der Waals surface area contributed by atoms with Crippen LogP contribution in [0, 0.1) is 5.92 Å². The molecule has 0 atom stereocenters. The first kappa shape index (κ1) is 14.5. The van der Waals surface area contributed by atoms with Gasteiger partial charge >= 0.3 is 5.97 Å². The molecular formula is C13H25NO3. The molecule has 0 aromatic heterocycles. The highest BCUT2D eigenvalue weighted by molar-refractivity contribution is 5.82. The summed E-state index contributed by atoms with van der Waals surface area (Å²) in [6, 6.07) is 0. The maximum Gasteiger partial charge on any atom is 0.326 e. The first-order valence-corrected chi connectivity index (χ1v) is 6.58. The van der Waals surface area contributed by atoms with Crippen LogP contribution in [0.2, 0.25) is 0 Å². The number of ether oxygens (including phenoxy) is 2.